The van der Waals surface area contributed by atoms with Crippen molar-refractivity contribution in [2.45, 2.75) is 0 Å². The first-order valence-electron chi connectivity index (χ1n) is 13.8. The van der Waals surface area contributed by atoms with Crippen LogP contribution in [-0.4, -0.2) is 48.9 Å². The summed E-state index contributed by atoms with van der Waals surface area (Å²) < 4.78 is 31.7. The molecule has 0 saturated carbocycles. The maximum Gasteiger partial charge on any atom is 0.255 e. The predicted molar refractivity (Wildman–Crippen MR) is 172 cm³/mol. The molecule has 0 fully saturated rings. The number of hydrogen-bond donors (Lipinski definition) is 1. The van der Waals surface area contributed by atoms with Gasteiger partial charge in [-0.3, -0.25) is 4.79 Å². The molecule has 4 aromatic carbocycles. The lowest BCUT2D eigenvalue weighted by molar-refractivity contribution is 0.102. The molecule has 6 aromatic rings. The highest BCUT2D eigenvalue weighted by atomic mass is 32.1. The molecule has 11 heteroatoms. The van der Waals surface area contributed by atoms with E-state index in [0.29, 0.717) is 51.5 Å². The Hall–Kier alpha value is -5.68. The number of benzene rings is 4. The number of carbonyl (C=O) groups is 1. The van der Waals surface area contributed by atoms with Crippen molar-refractivity contribution in [3.63, 3.8) is 0 Å². The van der Waals surface area contributed by atoms with Gasteiger partial charge >= 0.3 is 0 Å². The highest BCUT2D eigenvalue weighted by Gasteiger charge is 2.18. The number of rotatable bonds is 10. The minimum absolute atomic E-state index is 0.199. The molecular formula is C34H28N4O6S. The molecule has 0 unspecified atom stereocenters. The van der Waals surface area contributed by atoms with Gasteiger partial charge in [0.05, 0.1) is 28.4 Å². The zero-order chi connectivity index (χ0) is 31.3. The Bertz CT molecular complexity index is 1910. The topological polar surface area (TPSA) is 118 Å². The molecule has 45 heavy (non-hydrogen) atoms. The standard InChI is InChI=1S/C34H28N4O6S/c1-40-26-15-11-22(12-16-26)33(39)35-25-13-9-23(10-14-25)34-36-32(38-45-34)21-7-5-20(6-8-21)27-19-28(44-37-27)24-17-29(41-2)31(43-4)30(18-24)42-3/h5-19H,1-4H3,(H,35,39). The fourth-order valence-corrected chi connectivity index (χ4v) is 5.35. The van der Waals surface area contributed by atoms with E-state index in [1.54, 1.807) is 52.7 Å². The van der Waals surface area contributed by atoms with Crippen molar-refractivity contribution in [3.8, 4) is 67.5 Å². The van der Waals surface area contributed by atoms with Crippen molar-refractivity contribution in [1.29, 1.82) is 0 Å². The minimum atomic E-state index is -0.199. The van der Waals surface area contributed by atoms with Crippen molar-refractivity contribution < 1.29 is 28.3 Å². The Balaban J connectivity index is 1.14. The lowest BCUT2D eigenvalue weighted by Gasteiger charge is -2.12. The molecule has 6 rings (SSSR count). The summed E-state index contributed by atoms with van der Waals surface area (Å²) in [6.45, 7) is 0. The average molecular weight is 621 g/mol. The number of amides is 1. The molecule has 0 bridgehead atoms. The predicted octanol–water partition coefficient (Wildman–Crippen LogP) is 7.48. The van der Waals surface area contributed by atoms with Crippen LogP contribution >= 0.6 is 11.5 Å². The van der Waals surface area contributed by atoms with Crippen LogP contribution < -0.4 is 24.3 Å². The first-order chi connectivity index (χ1) is 22.0. The number of carbonyl (C=O) groups excluding carboxylic acids is 1. The number of anilines is 1. The van der Waals surface area contributed by atoms with Crippen LogP contribution in [0.3, 0.4) is 0 Å². The zero-order valence-corrected chi connectivity index (χ0v) is 25.7. The first-order valence-corrected chi connectivity index (χ1v) is 14.5. The third-order valence-corrected chi connectivity index (χ3v) is 7.83. The van der Waals surface area contributed by atoms with Crippen molar-refractivity contribution in [2.75, 3.05) is 33.8 Å². The fourth-order valence-electron chi connectivity index (χ4n) is 4.66. The highest BCUT2D eigenvalue weighted by molar-refractivity contribution is 7.09. The van der Waals surface area contributed by atoms with E-state index < -0.39 is 0 Å². The van der Waals surface area contributed by atoms with Crippen molar-refractivity contribution in [1.82, 2.24) is 14.5 Å². The monoisotopic (exact) mass is 620 g/mol. The van der Waals surface area contributed by atoms with E-state index in [1.807, 2.05) is 66.7 Å². The van der Waals surface area contributed by atoms with Crippen LogP contribution in [0.4, 0.5) is 5.69 Å². The van der Waals surface area contributed by atoms with Crippen LogP contribution in [0.5, 0.6) is 23.0 Å². The van der Waals surface area contributed by atoms with Gasteiger partial charge in [0.1, 0.15) is 16.5 Å². The summed E-state index contributed by atoms with van der Waals surface area (Å²) >= 11 is 1.31. The largest absolute Gasteiger partial charge is 0.497 e. The number of nitrogens with zero attached hydrogens (tertiary/aromatic N) is 3. The van der Waals surface area contributed by atoms with E-state index in [2.05, 4.69) is 14.8 Å². The van der Waals surface area contributed by atoms with Crippen LogP contribution in [0.2, 0.25) is 0 Å². The molecule has 0 radical (unpaired) electrons. The van der Waals surface area contributed by atoms with Gasteiger partial charge in [-0.1, -0.05) is 29.4 Å². The highest BCUT2D eigenvalue weighted by Crippen LogP contribution is 2.41. The van der Waals surface area contributed by atoms with E-state index in [-0.39, 0.29) is 5.91 Å². The van der Waals surface area contributed by atoms with Crippen LogP contribution in [0.15, 0.2) is 95.5 Å². The lowest BCUT2D eigenvalue weighted by Crippen LogP contribution is -2.11. The fraction of sp³-hybridized carbons (Fsp3) is 0.118. The van der Waals surface area contributed by atoms with Crippen LogP contribution in [0.25, 0.3) is 44.5 Å². The number of ether oxygens (including phenoxy) is 4. The van der Waals surface area contributed by atoms with Gasteiger partial charge in [0.15, 0.2) is 23.1 Å². The van der Waals surface area contributed by atoms with Crippen LogP contribution in [0.1, 0.15) is 10.4 Å². The van der Waals surface area contributed by atoms with E-state index in [1.165, 1.54) is 11.5 Å². The minimum Gasteiger partial charge on any atom is -0.497 e. The molecule has 10 nitrogen and oxygen atoms in total. The number of aromatic nitrogens is 3. The molecule has 0 aliphatic heterocycles. The van der Waals surface area contributed by atoms with Crippen LogP contribution in [0, 0.1) is 0 Å². The number of methoxy groups -OCH3 is 4. The van der Waals surface area contributed by atoms with Gasteiger partial charge in [-0.2, -0.15) is 4.37 Å². The second-order valence-corrected chi connectivity index (χ2v) is 10.5. The third-order valence-electron chi connectivity index (χ3n) is 7.07. The van der Waals surface area contributed by atoms with E-state index in [9.17, 15) is 4.79 Å². The quantitative estimate of drug-likeness (QED) is 0.166. The van der Waals surface area contributed by atoms with Gasteiger partial charge < -0.3 is 28.8 Å². The first kappa shape index (κ1) is 29.4. The summed E-state index contributed by atoms with van der Waals surface area (Å²) in [5, 5.41) is 7.94. The molecule has 1 amide bonds. The second-order valence-electron chi connectivity index (χ2n) is 9.75. The lowest BCUT2D eigenvalue weighted by atomic mass is 10.1. The summed E-state index contributed by atoms with van der Waals surface area (Å²) in [6.07, 6.45) is 0. The van der Waals surface area contributed by atoms with Gasteiger partial charge in [0, 0.05) is 39.6 Å². The van der Waals surface area contributed by atoms with E-state index in [0.717, 1.165) is 27.3 Å². The number of hydrogen-bond acceptors (Lipinski definition) is 10. The maximum atomic E-state index is 12.6. The third kappa shape index (κ3) is 6.20. The van der Waals surface area contributed by atoms with Crippen molar-refractivity contribution in [2.24, 2.45) is 0 Å². The molecular weight excluding hydrogens is 592 g/mol. The van der Waals surface area contributed by atoms with Gasteiger partial charge in [0.25, 0.3) is 5.91 Å². The average Bonchev–Trinajstić information content (AvgIpc) is 3.79. The molecule has 0 aliphatic carbocycles. The van der Waals surface area contributed by atoms with Crippen molar-refractivity contribution in [3.05, 3.63) is 96.6 Å². The smallest absolute Gasteiger partial charge is 0.255 e. The molecule has 0 saturated heterocycles. The van der Waals surface area contributed by atoms with Gasteiger partial charge in [-0.05, 0) is 72.2 Å². The Morgan fingerprint density at radius 3 is 1.98 bits per heavy atom. The molecule has 2 aromatic heterocycles. The molecule has 226 valence electrons. The van der Waals surface area contributed by atoms with E-state index in [4.69, 9.17) is 28.5 Å². The van der Waals surface area contributed by atoms with Crippen LogP contribution in [-0.2, 0) is 0 Å². The summed E-state index contributed by atoms with van der Waals surface area (Å²) in [4.78, 5) is 17.3. The Morgan fingerprint density at radius 2 is 1.36 bits per heavy atom. The summed E-state index contributed by atoms with van der Waals surface area (Å²) in [5.74, 6) is 3.23. The summed E-state index contributed by atoms with van der Waals surface area (Å²) in [6, 6.07) is 27.7. The van der Waals surface area contributed by atoms with E-state index >= 15 is 0 Å². The Morgan fingerprint density at radius 1 is 0.711 bits per heavy atom. The molecule has 2 heterocycles. The zero-order valence-electron chi connectivity index (χ0n) is 24.9. The summed E-state index contributed by atoms with van der Waals surface area (Å²) in [5.41, 5.74) is 5.30. The molecule has 0 spiro atoms. The van der Waals surface area contributed by atoms with Gasteiger partial charge in [-0.15, -0.1) is 0 Å². The van der Waals surface area contributed by atoms with Crippen molar-refractivity contribution >= 4 is 23.1 Å². The Kier molecular flexibility index (Phi) is 8.43. The molecule has 1 N–H and O–H groups in total. The molecule has 0 atom stereocenters. The Labute approximate surface area is 263 Å². The van der Waals surface area contributed by atoms with Gasteiger partial charge in [-0.25, -0.2) is 4.98 Å². The van der Waals surface area contributed by atoms with Gasteiger partial charge in [0.2, 0.25) is 5.75 Å². The molecule has 0 aliphatic rings. The normalized spacial score (nSPS) is 10.8. The second kappa shape index (κ2) is 12.9. The number of nitrogens with one attached hydrogen (secondary N) is 1. The SMILES string of the molecule is COc1ccc(C(=O)Nc2ccc(-c3nc(-c4ccc(-c5cc(-c6cc(OC)c(OC)c(OC)c6)on5)cc4)ns3)cc2)cc1. The summed E-state index contributed by atoms with van der Waals surface area (Å²) in [7, 11) is 6.28. The maximum absolute atomic E-state index is 12.6.